The summed E-state index contributed by atoms with van der Waals surface area (Å²) < 4.78 is 10.6. The maximum Gasteiger partial charge on any atom is 0.325 e. The fourth-order valence-electron chi connectivity index (χ4n) is 1.94. The number of nitrogens with zero attached hydrogens (tertiary/aromatic N) is 1. The molecule has 118 valence electrons. The third kappa shape index (κ3) is 7.11. The summed E-state index contributed by atoms with van der Waals surface area (Å²) >= 11 is 0. The molecule has 0 saturated carbocycles. The van der Waals surface area contributed by atoms with E-state index >= 15 is 0 Å². The van der Waals surface area contributed by atoms with Crippen molar-refractivity contribution in [2.75, 3.05) is 26.2 Å². The summed E-state index contributed by atoms with van der Waals surface area (Å²) in [6.07, 6.45) is 0. The SMILES string of the molecule is CCOc1ccc(OC(=O)CN(CC)CC(C)(C)O)cc1. The third-order valence-corrected chi connectivity index (χ3v) is 2.78. The number of ether oxygens (including phenoxy) is 2. The molecule has 1 aromatic rings. The fraction of sp³-hybridized carbons (Fsp3) is 0.562. The summed E-state index contributed by atoms with van der Waals surface area (Å²) in [6.45, 7) is 9.12. The van der Waals surface area contributed by atoms with Crippen molar-refractivity contribution in [1.82, 2.24) is 4.90 Å². The lowest BCUT2D eigenvalue weighted by Crippen LogP contribution is -2.42. The predicted molar refractivity (Wildman–Crippen MR) is 81.7 cm³/mol. The van der Waals surface area contributed by atoms with Gasteiger partial charge < -0.3 is 14.6 Å². The zero-order valence-corrected chi connectivity index (χ0v) is 13.3. The van der Waals surface area contributed by atoms with Crippen LogP contribution in [0.2, 0.25) is 0 Å². The van der Waals surface area contributed by atoms with E-state index < -0.39 is 5.60 Å². The Morgan fingerprint density at radius 2 is 1.76 bits per heavy atom. The van der Waals surface area contributed by atoms with Crippen LogP contribution in [0.4, 0.5) is 0 Å². The smallest absolute Gasteiger partial charge is 0.325 e. The zero-order valence-electron chi connectivity index (χ0n) is 13.3. The van der Waals surface area contributed by atoms with E-state index in [1.807, 2.05) is 18.7 Å². The summed E-state index contributed by atoms with van der Waals surface area (Å²) in [5.41, 5.74) is -0.838. The van der Waals surface area contributed by atoms with Gasteiger partial charge in [-0.15, -0.1) is 0 Å². The van der Waals surface area contributed by atoms with Gasteiger partial charge in [0.05, 0.1) is 18.8 Å². The van der Waals surface area contributed by atoms with Gasteiger partial charge in [0.1, 0.15) is 11.5 Å². The summed E-state index contributed by atoms with van der Waals surface area (Å²) in [7, 11) is 0. The van der Waals surface area contributed by atoms with Gasteiger partial charge in [0.2, 0.25) is 0 Å². The monoisotopic (exact) mass is 295 g/mol. The second kappa shape index (κ2) is 8.00. The second-order valence-electron chi connectivity index (χ2n) is 5.49. The normalized spacial score (nSPS) is 11.5. The van der Waals surface area contributed by atoms with Crippen LogP contribution < -0.4 is 9.47 Å². The van der Waals surface area contributed by atoms with Crippen LogP contribution in [0.5, 0.6) is 11.5 Å². The van der Waals surface area contributed by atoms with E-state index in [2.05, 4.69) is 0 Å². The van der Waals surface area contributed by atoms with Crippen LogP contribution in [-0.2, 0) is 4.79 Å². The second-order valence-corrected chi connectivity index (χ2v) is 5.49. The minimum atomic E-state index is -0.838. The minimum Gasteiger partial charge on any atom is -0.494 e. The summed E-state index contributed by atoms with van der Waals surface area (Å²) in [5.74, 6) is 0.891. The highest BCUT2D eigenvalue weighted by Crippen LogP contribution is 2.17. The fourth-order valence-corrected chi connectivity index (χ4v) is 1.94. The van der Waals surface area contributed by atoms with Crippen LogP contribution >= 0.6 is 0 Å². The topological polar surface area (TPSA) is 59.0 Å². The van der Waals surface area contributed by atoms with Gasteiger partial charge in [-0.1, -0.05) is 6.92 Å². The number of benzene rings is 1. The summed E-state index contributed by atoms with van der Waals surface area (Å²) in [4.78, 5) is 13.7. The molecule has 0 spiro atoms. The Labute approximate surface area is 126 Å². The Bertz CT molecular complexity index is 437. The highest BCUT2D eigenvalue weighted by atomic mass is 16.5. The largest absolute Gasteiger partial charge is 0.494 e. The number of hydrogen-bond donors (Lipinski definition) is 1. The van der Waals surface area contributed by atoms with Gasteiger partial charge in [0, 0.05) is 6.54 Å². The van der Waals surface area contributed by atoms with Crippen molar-refractivity contribution in [1.29, 1.82) is 0 Å². The van der Waals surface area contributed by atoms with Crippen LogP contribution in [0, 0.1) is 0 Å². The van der Waals surface area contributed by atoms with Gasteiger partial charge in [-0.25, -0.2) is 0 Å². The Hall–Kier alpha value is -1.59. The van der Waals surface area contributed by atoms with Crippen molar-refractivity contribution in [3.8, 4) is 11.5 Å². The van der Waals surface area contributed by atoms with E-state index in [-0.39, 0.29) is 12.5 Å². The molecular formula is C16H25NO4. The molecule has 5 nitrogen and oxygen atoms in total. The molecule has 0 bridgehead atoms. The molecule has 0 amide bonds. The molecule has 0 aliphatic heterocycles. The van der Waals surface area contributed by atoms with E-state index in [1.165, 1.54) is 0 Å². The quantitative estimate of drug-likeness (QED) is 0.588. The Balaban J connectivity index is 2.52. The maximum absolute atomic E-state index is 11.9. The minimum absolute atomic E-state index is 0.147. The van der Waals surface area contributed by atoms with E-state index in [4.69, 9.17) is 9.47 Å². The van der Waals surface area contributed by atoms with Crippen molar-refractivity contribution in [3.05, 3.63) is 24.3 Å². The van der Waals surface area contributed by atoms with Gasteiger partial charge in [-0.2, -0.15) is 0 Å². The maximum atomic E-state index is 11.9. The van der Waals surface area contributed by atoms with E-state index in [1.54, 1.807) is 38.1 Å². The van der Waals surface area contributed by atoms with Crippen LogP contribution in [0.25, 0.3) is 0 Å². The van der Waals surface area contributed by atoms with Crippen LogP contribution in [0.3, 0.4) is 0 Å². The number of rotatable bonds is 8. The summed E-state index contributed by atoms with van der Waals surface area (Å²) in [6, 6.07) is 6.94. The molecule has 5 heteroatoms. The Morgan fingerprint density at radius 1 is 1.19 bits per heavy atom. The molecule has 0 fully saturated rings. The van der Waals surface area contributed by atoms with Crippen molar-refractivity contribution in [2.24, 2.45) is 0 Å². The van der Waals surface area contributed by atoms with Crippen molar-refractivity contribution >= 4 is 5.97 Å². The van der Waals surface area contributed by atoms with E-state index in [9.17, 15) is 9.90 Å². The number of carbonyl (C=O) groups excluding carboxylic acids is 1. The molecular weight excluding hydrogens is 270 g/mol. The van der Waals surface area contributed by atoms with Crippen LogP contribution in [0.15, 0.2) is 24.3 Å². The molecule has 21 heavy (non-hydrogen) atoms. The molecule has 0 aliphatic rings. The van der Waals surface area contributed by atoms with Gasteiger partial charge in [0.25, 0.3) is 0 Å². The predicted octanol–water partition coefficient (Wildman–Crippen LogP) is 2.08. The van der Waals surface area contributed by atoms with Gasteiger partial charge in [-0.3, -0.25) is 9.69 Å². The van der Waals surface area contributed by atoms with E-state index in [0.717, 1.165) is 5.75 Å². The molecule has 1 aromatic carbocycles. The lowest BCUT2D eigenvalue weighted by molar-refractivity contribution is -0.136. The third-order valence-electron chi connectivity index (χ3n) is 2.78. The first kappa shape index (κ1) is 17.5. The van der Waals surface area contributed by atoms with Crippen LogP contribution in [0.1, 0.15) is 27.7 Å². The first-order valence-electron chi connectivity index (χ1n) is 7.22. The molecule has 0 aromatic heterocycles. The highest BCUT2D eigenvalue weighted by Gasteiger charge is 2.19. The lowest BCUT2D eigenvalue weighted by Gasteiger charge is -2.26. The Morgan fingerprint density at radius 3 is 2.24 bits per heavy atom. The molecule has 0 radical (unpaired) electrons. The van der Waals surface area contributed by atoms with Crippen molar-refractivity contribution in [3.63, 3.8) is 0 Å². The molecule has 0 atom stereocenters. The van der Waals surface area contributed by atoms with Crippen molar-refractivity contribution in [2.45, 2.75) is 33.3 Å². The molecule has 0 heterocycles. The van der Waals surface area contributed by atoms with Gasteiger partial charge in [0.15, 0.2) is 0 Å². The Kier molecular flexibility index (Phi) is 6.65. The first-order chi connectivity index (χ1) is 9.84. The molecule has 1 rings (SSSR count). The number of hydrogen-bond acceptors (Lipinski definition) is 5. The number of carbonyl (C=O) groups is 1. The molecule has 0 aliphatic carbocycles. The average molecular weight is 295 g/mol. The molecule has 0 saturated heterocycles. The van der Waals surface area contributed by atoms with E-state index in [0.29, 0.717) is 25.4 Å². The highest BCUT2D eigenvalue weighted by molar-refractivity contribution is 5.74. The number of aliphatic hydroxyl groups is 1. The lowest BCUT2D eigenvalue weighted by atomic mass is 10.1. The average Bonchev–Trinajstić information content (AvgIpc) is 2.39. The molecule has 1 N–H and O–H groups in total. The standard InChI is InChI=1S/C16H25NO4/c1-5-17(12-16(3,4)19)11-15(18)21-14-9-7-13(8-10-14)20-6-2/h7-10,19H,5-6,11-12H2,1-4H3. The number of likely N-dealkylation sites (N-methyl/N-ethyl adjacent to an activating group) is 1. The van der Waals surface area contributed by atoms with Gasteiger partial charge in [-0.05, 0) is 51.6 Å². The summed E-state index contributed by atoms with van der Waals surface area (Å²) in [5, 5.41) is 9.80. The zero-order chi connectivity index (χ0) is 15.9. The molecule has 0 unspecified atom stereocenters. The number of esters is 1. The van der Waals surface area contributed by atoms with Crippen molar-refractivity contribution < 1.29 is 19.4 Å². The first-order valence-corrected chi connectivity index (χ1v) is 7.22. The van der Waals surface area contributed by atoms with Gasteiger partial charge >= 0.3 is 5.97 Å². The van der Waals surface area contributed by atoms with Crippen LogP contribution in [-0.4, -0.2) is 47.8 Å².